The first-order valence-electron chi connectivity index (χ1n) is 10.9. The highest BCUT2D eigenvalue weighted by atomic mass is 16.6. The predicted octanol–water partition coefficient (Wildman–Crippen LogP) is 2.97. The molecule has 168 valence electrons. The van der Waals surface area contributed by atoms with Crippen molar-refractivity contribution in [3.63, 3.8) is 0 Å². The maximum Gasteiger partial charge on any atom is 0.709 e. The lowest BCUT2D eigenvalue weighted by Crippen LogP contribution is -2.21. The van der Waals surface area contributed by atoms with Crippen LogP contribution in [-0.2, 0) is 14.2 Å². The summed E-state index contributed by atoms with van der Waals surface area (Å²) in [6.45, 7) is 2.94. The molecule has 0 heterocycles. The van der Waals surface area contributed by atoms with E-state index in [1.165, 1.54) is 64.2 Å². The number of hydrogen-bond acceptors (Lipinski definition) is 7. The van der Waals surface area contributed by atoms with Crippen molar-refractivity contribution in [3.8, 4) is 0 Å². The summed E-state index contributed by atoms with van der Waals surface area (Å²) in [6.07, 6.45) is 16.6. The van der Waals surface area contributed by atoms with Crippen molar-refractivity contribution < 1.29 is 34.4 Å². The number of unbranched alkanes of at least 4 members (excludes halogenated alkanes) is 12. The van der Waals surface area contributed by atoms with Gasteiger partial charge in [-0.1, -0.05) is 84.0 Å². The SMILES string of the molecule is CCCCCCCCCCCCCCCC(=O)OB(O)O.OCCOCCO. The minimum atomic E-state index is -1.97. The Bertz CT molecular complexity index is 300. The van der Waals surface area contributed by atoms with Crippen LogP contribution in [0, 0.1) is 0 Å². The first-order valence-corrected chi connectivity index (χ1v) is 10.9. The molecule has 4 N–H and O–H groups in total. The monoisotopic (exact) mass is 406 g/mol. The van der Waals surface area contributed by atoms with E-state index in [1.54, 1.807) is 0 Å². The standard InChI is InChI=1S/C16H33BO4.C4H10O3/c1-2-3-4-5-6-7-8-9-10-11-12-13-14-15-16(18)21-17(19)20;5-1-3-7-4-2-6/h19-20H,2-15H2,1H3;5-6H,1-4H2. The number of hydrogen-bond donors (Lipinski definition) is 4. The van der Waals surface area contributed by atoms with Gasteiger partial charge in [0.25, 0.3) is 5.97 Å². The van der Waals surface area contributed by atoms with Crippen molar-refractivity contribution in [2.24, 2.45) is 0 Å². The Morgan fingerprint density at radius 3 is 1.46 bits per heavy atom. The van der Waals surface area contributed by atoms with Gasteiger partial charge < -0.3 is 29.7 Å². The van der Waals surface area contributed by atoms with E-state index in [0.717, 1.165) is 19.3 Å². The Morgan fingerprint density at radius 1 is 0.714 bits per heavy atom. The molecule has 0 saturated heterocycles. The Morgan fingerprint density at radius 2 is 1.11 bits per heavy atom. The summed E-state index contributed by atoms with van der Waals surface area (Å²) in [5.74, 6) is -0.534. The highest BCUT2D eigenvalue weighted by molar-refractivity contribution is 6.35. The van der Waals surface area contributed by atoms with Gasteiger partial charge in [-0.15, -0.1) is 0 Å². The molecule has 8 heteroatoms. The molecule has 0 aromatic rings. The maximum atomic E-state index is 11.0. The number of carbonyl (C=O) groups is 1. The summed E-state index contributed by atoms with van der Waals surface area (Å²) in [4.78, 5) is 11.0. The van der Waals surface area contributed by atoms with Crippen molar-refractivity contribution in [2.75, 3.05) is 26.4 Å². The van der Waals surface area contributed by atoms with Gasteiger partial charge in [0.2, 0.25) is 0 Å². The molecule has 0 radical (unpaired) electrons. The predicted molar refractivity (Wildman–Crippen MR) is 112 cm³/mol. The fraction of sp³-hybridized carbons (Fsp3) is 0.950. The number of rotatable bonds is 19. The zero-order valence-electron chi connectivity index (χ0n) is 17.8. The van der Waals surface area contributed by atoms with Gasteiger partial charge >= 0.3 is 7.32 Å². The lowest BCUT2D eigenvalue weighted by molar-refractivity contribution is -0.137. The van der Waals surface area contributed by atoms with Crippen LogP contribution >= 0.6 is 0 Å². The van der Waals surface area contributed by atoms with E-state index in [2.05, 4.69) is 16.3 Å². The van der Waals surface area contributed by atoms with Crippen molar-refractivity contribution >= 4 is 13.3 Å². The van der Waals surface area contributed by atoms with Crippen molar-refractivity contribution in [1.29, 1.82) is 0 Å². The van der Waals surface area contributed by atoms with E-state index in [-0.39, 0.29) is 19.6 Å². The molecule has 0 bridgehead atoms. The average molecular weight is 406 g/mol. The van der Waals surface area contributed by atoms with Gasteiger partial charge in [-0.25, -0.2) is 0 Å². The lowest BCUT2D eigenvalue weighted by atomic mass is 10.0. The van der Waals surface area contributed by atoms with Crippen LogP contribution in [0.4, 0.5) is 0 Å². The van der Waals surface area contributed by atoms with Crippen LogP contribution < -0.4 is 0 Å². The largest absolute Gasteiger partial charge is 0.709 e. The van der Waals surface area contributed by atoms with Crippen LogP contribution in [0.2, 0.25) is 0 Å². The number of aliphatic hydroxyl groups excluding tert-OH is 2. The minimum Gasteiger partial charge on any atom is -0.485 e. The molecule has 0 unspecified atom stereocenters. The number of ether oxygens (including phenoxy) is 1. The second kappa shape index (κ2) is 26.3. The van der Waals surface area contributed by atoms with E-state index in [9.17, 15) is 4.79 Å². The molecular formula is C20H43BO7. The molecular weight excluding hydrogens is 363 g/mol. The number of aliphatic hydroxyl groups is 2. The van der Waals surface area contributed by atoms with Gasteiger partial charge in [-0.3, -0.25) is 4.79 Å². The van der Waals surface area contributed by atoms with Crippen molar-refractivity contribution in [2.45, 2.75) is 96.8 Å². The van der Waals surface area contributed by atoms with Crippen LogP contribution in [0.1, 0.15) is 96.8 Å². The first-order chi connectivity index (χ1) is 13.6. The third kappa shape index (κ3) is 30.1. The molecule has 0 spiro atoms. The molecule has 0 atom stereocenters. The van der Waals surface area contributed by atoms with E-state index in [4.69, 9.17) is 20.3 Å². The third-order valence-corrected chi connectivity index (χ3v) is 4.19. The molecule has 0 aliphatic heterocycles. The summed E-state index contributed by atoms with van der Waals surface area (Å²) in [5.41, 5.74) is 0. The summed E-state index contributed by atoms with van der Waals surface area (Å²) in [6, 6.07) is 0. The lowest BCUT2D eigenvalue weighted by Gasteiger charge is -2.04. The molecule has 0 fully saturated rings. The van der Waals surface area contributed by atoms with Gasteiger partial charge in [0.15, 0.2) is 0 Å². The van der Waals surface area contributed by atoms with Crippen LogP contribution in [0.15, 0.2) is 0 Å². The first kappa shape index (κ1) is 29.5. The smallest absolute Gasteiger partial charge is 0.485 e. The molecule has 0 aliphatic carbocycles. The zero-order chi connectivity index (χ0) is 21.3. The second-order valence-electron chi connectivity index (χ2n) is 6.87. The molecule has 0 rings (SSSR count). The van der Waals surface area contributed by atoms with Gasteiger partial charge in [0.05, 0.1) is 26.4 Å². The van der Waals surface area contributed by atoms with Crippen molar-refractivity contribution in [1.82, 2.24) is 0 Å². The van der Waals surface area contributed by atoms with Crippen molar-refractivity contribution in [3.05, 3.63) is 0 Å². The van der Waals surface area contributed by atoms with E-state index < -0.39 is 13.3 Å². The Kier molecular flexibility index (Phi) is 27.8. The van der Waals surface area contributed by atoms with Gasteiger partial charge in [-0.2, -0.15) is 0 Å². The number of carbonyl (C=O) groups excluding carboxylic acids is 1. The molecule has 0 aromatic carbocycles. The molecule has 0 aliphatic rings. The summed E-state index contributed by atoms with van der Waals surface area (Å²) in [7, 11) is -1.97. The van der Waals surface area contributed by atoms with Gasteiger partial charge in [-0.05, 0) is 6.42 Å². The van der Waals surface area contributed by atoms with E-state index in [1.807, 2.05) is 0 Å². The van der Waals surface area contributed by atoms with E-state index in [0.29, 0.717) is 13.2 Å². The zero-order valence-corrected chi connectivity index (χ0v) is 17.8. The topological polar surface area (TPSA) is 116 Å². The molecule has 0 amide bonds. The second-order valence-corrected chi connectivity index (χ2v) is 6.87. The Labute approximate surface area is 171 Å². The Balaban J connectivity index is 0. The average Bonchev–Trinajstić information content (AvgIpc) is 2.66. The maximum absolute atomic E-state index is 11.0. The fourth-order valence-corrected chi connectivity index (χ4v) is 2.69. The quantitative estimate of drug-likeness (QED) is 0.192. The van der Waals surface area contributed by atoms with Gasteiger partial charge in [0, 0.05) is 6.42 Å². The van der Waals surface area contributed by atoms with Crippen LogP contribution in [0.25, 0.3) is 0 Å². The molecule has 7 nitrogen and oxygen atoms in total. The summed E-state index contributed by atoms with van der Waals surface area (Å²) >= 11 is 0. The third-order valence-electron chi connectivity index (χ3n) is 4.19. The van der Waals surface area contributed by atoms with Crippen LogP contribution in [0.5, 0.6) is 0 Å². The minimum absolute atomic E-state index is 0.0278. The summed E-state index contributed by atoms with van der Waals surface area (Å²) < 4.78 is 8.86. The van der Waals surface area contributed by atoms with E-state index >= 15 is 0 Å². The summed E-state index contributed by atoms with van der Waals surface area (Å²) in [5, 5.41) is 33.1. The molecule has 0 saturated carbocycles. The van der Waals surface area contributed by atoms with Crippen LogP contribution in [0.3, 0.4) is 0 Å². The van der Waals surface area contributed by atoms with Gasteiger partial charge in [0.1, 0.15) is 0 Å². The highest BCUT2D eigenvalue weighted by Crippen LogP contribution is 2.13. The molecule has 28 heavy (non-hydrogen) atoms. The molecule has 0 aromatic heterocycles. The van der Waals surface area contributed by atoms with Crippen LogP contribution in [-0.4, -0.2) is 60.0 Å². The normalized spacial score (nSPS) is 10.3. The highest BCUT2D eigenvalue weighted by Gasteiger charge is 2.14. The fourth-order valence-electron chi connectivity index (χ4n) is 2.69. The Hall–Kier alpha value is -0.665.